The van der Waals surface area contributed by atoms with Crippen LogP contribution in [0.2, 0.25) is 0 Å². The van der Waals surface area contributed by atoms with Crippen molar-refractivity contribution in [3.05, 3.63) is 71.0 Å². The van der Waals surface area contributed by atoms with Crippen LogP contribution >= 0.6 is 0 Å². The minimum atomic E-state index is 0.116. The first kappa shape index (κ1) is 19.0. The third kappa shape index (κ3) is 3.41. The summed E-state index contributed by atoms with van der Waals surface area (Å²) in [6.07, 6.45) is 9.83. The summed E-state index contributed by atoms with van der Waals surface area (Å²) in [5.74, 6) is 0.681. The van der Waals surface area contributed by atoms with Gasteiger partial charge in [0.15, 0.2) is 0 Å². The molecule has 1 N–H and O–H groups in total. The van der Waals surface area contributed by atoms with Gasteiger partial charge in [0.25, 0.3) is 0 Å². The standard InChI is InChI=1S/C25H34O/c1-17(14-18(2)26)8-9-20-16-25(20,7)19-10-11-21-22(15-19)24(5,6)13-12-23(21,3)4/h8-11,14-15,20,26H,2,12-13,16H2,1,3-7H3/b9-8+,17-14+/t20-,25-/m1/s1. The Balaban J connectivity index is 1.88. The molecule has 0 aliphatic heterocycles. The quantitative estimate of drug-likeness (QED) is 0.463. The monoisotopic (exact) mass is 350 g/mol. The topological polar surface area (TPSA) is 20.2 Å². The predicted molar refractivity (Wildman–Crippen MR) is 112 cm³/mol. The summed E-state index contributed by atoms with van der Waals surface area (Å²) in [6, 6.07) is 7.27. The SMILES string of the molecule is C=C(O)/C=C(C)/C=C/[C@@H]1C[C@]1(C)c1ccc2c(c1)C(C)(C)CCC2(C)C. The van der Waals surface area contributed by atoms with Gasteiger partial charge in [-0.15, -0.1) is 0 Å². The van der Waals surface area contributed by atoms with Gasteiger partial charge >= 0.3 is 0 Å². The molecule has 0 saturated heterocycles. The van der Waals surface area contributed by atoms with Crippen LogP contribution in [0.4, 0.5) is 0 Å². The Bertz CT molecular complexity index is 790. The Kier molecular flexibility index (Phi) is 4.50. The van der Waals surface area contributed by atoms with Crippen molar-refractivity contribution in [2.24, 2.45) is 5.92 Å². The highest BCUT2D eigenvalue weighted by Gasteiger charge is 2.50. The second kappa shape index (κ2) is 6.15. The number of fused-ring (bicyclic) bond motifs is 1. The predicted octanol–water partition coefficient (Wildman–Crippen LogP) is 6.89. The van der Waals surface area contributed by atoms with Gasteiger partial charge in [-0.25, -0.2) is 0 Å². The van der Waals surface area contributed by atoms with Gasteiger partial charge in [0.05, 0.1) is 0 Å². The molecule has 0 heterocycles. The molecule has 1 heteroatoms. The van der Waals surface area contributed by atoms with E-state index in [9.17, 15) is 5.11 Å². The number of aliphatic hydroxyl groups excluding tert-OH is 1. The number of aliphatic hydroxyl groups is 1. The highest BCUT2D eigenvalue weighted by molar-refractivity contribution is 5.48. The molecule has 3 rings (SSSR count). The maximum absolute atomic E-state index is 9.28. The number of allylic oxidation sites excluding steroid dienone is 4. The molecule has 1 saturated carbocycles. The molecule has 0 unspecified atom stereocenters. The van der Waals surface area contributed by atoms with Crippen LogP contribution in [0.5, 0.6) is 0 Å². The van der Waals surface area contributed by atoms with Crippen molar-refractivity contribution in [1.29, 1.82) is 0 Å². The van der Waals surface area contributed by atoms with Crippen molar-refractivity contribution >= 4 is 0 Å². The molecule has 0 spiro atoms. The summed E-state index contributed by atoms with van der Waals surface area (Å²) >= 11 is 0. The van der Waals surface area contributed by atoms with Crippen LogP contribution in [-0.2, 0) is 16.2 Å². The van der Waals surface area contributed by atoms with Gasteiger partial charge in [-0.05, 0) is 76.7 Å². The largest absolute Gasteiger partial charge is 0.509 e. The summed E-state index contributed by atoms with van der Waals surface area (Å²) < 4.78 is 0. The lowest BCUT2D eigenvalue weighted by molar-refractivity contribution is 0.331. The van der Waals surface area contributed by atoms with Crippen LogP contribution in [0.25, 0.3) is 0 Å². The maximum Gasteiger partial charge on any atom is 0.108 e. The Morgan fingerprint density at radius 1 is 1.08 bits per heavy atom. The fraction of sp³-hybridized carbons (Fsp3) is 0.520. The average molecular weight is 351 g/mol. The van der Waals surface area contributed by atoms with E-state index in [-0.39, 0.29) is 22.0 Å². The van der Waals surface area contributed by atoms with E-state index in [1.807, 2.05) is 6.92 Å². The first-order chi connectivity index (χ1) is 12.0. The van der Waals surface area contributed by atoms with Crippen LogP contribution in [0.15, 0.2) is 54.3 Å². The first-order valence-electron chi connectivity index (χ1n) is 9.86. The Labute approximate surface area is 159 Å². The molecule has 0 radical (unpaired) electrons. The second-order valence-electron chi connectivity index (χ2n) is 10.00. The number of hydrogen-bond acceptors (Lipinski definition) is 1. The highest BCUT2D eigenvalue weighted by Crippen LogP contribution is 2.56. The highest BCUT2D eigenvalue weighted by atomic mass is 16.3. The van der Waals surface area contributed by atoms with Gasteiger partial charge in [0.1, 0.15) is 5.76 Å². The molecule has 140 valence electrons. The Hall–Kier alpha value is -1.76. The zero-order chi connectivity index (χ0) is 19.3. The summed E-state index contributed by atoms with van der Waals surface area (Å²) in [4.78, 5) is 0. The molecule has 0 amide bonds. The van der Waals surface area contributed by atoms with Crippen molar-refractivity contribution < 1.29 is 5.11 Å². The number of rotatable bonds is 4. The van der Waals surface area contributed by atoms with Crippen LogP contribution in [0.1, 0.15) is 77.5 Å². The Morgan fingerprint density at radius 2 is 1.69 bits per heavy atom. The van der Waals surface area contributed by atoms with Crippen molar-refractivity contribution in [2.75, 3.05) is 0 Å². The molecule has 26 heavy (non-hydrogen) atoms. The fourth-order valence-corrected chi connectivity index (χ4v) is 4.53. The Morgan fingerprint density at radius 3 is 2.31 bits per heavy atom. The third-order valence-electron chi connectivity index (χ3n) is 6.80. The molecule has 2 atom stereocenters. The van der Waals surface area contributed by atoms with Crippen molar-refractivity contribution in [3.63, 3.8) is 0 Å². The molecule has 0 aromatic heterocycles. The van der Waals surface area contributed by atoms with Gasteiger partial charge in [0, 0.05) is 0 Å². The van der Waals surface area contributed by atoms with Crippen LogP contribution < -0.4 is 0 Å². The van der Waals surface area contributed by atoms with Crippen LogP contribution in [-0.4, -0.2) is 5.11 Å². The zero-order valence-electron chi connectivity index (χ0n) is 17.3. The molecule has 2 aliphatic rings. The van der Waals surface area contributed by atoms with E-state index >= 15 is 0 Å². The van der Waals surface area contributed by atoms with Crippen molar-refractivity contribution in [1.82, 2.24) is 0 Å². The van der Waals surface area contributed by atoms with Gasteiger partial charge in [-0.1, -0.05) is 71.5 Å². The van der Waals surface area contributed by atoms with E-state index in [0.717, 1.165) is 5.57 Å². The van der Waals surface area contributed by atoms with Gasteiger partial charge in [-0.2, -0.15) is 0 Å². The van der Waals surface area contributed by atoms with Crippen LogP contribution in [0.3, 0.4) is 0 Å². The van der Waals surface area contributed by atoms with E-state index in [4.69, 9.17) is 0 Å². The molecule has 1 aromatic rings. The average Bonchev–Trinajstić information content (AvgIpc) is 3.21. The van der Waals surface area contributed by atoms with Gasteiger partial charge < -0.3 is 5.11 Å². The summed E-state index contributed by atoms with van der Waals surface area (Å²) in [6.45, 7) is 17.5. The molecular weight excluding hydrogens is 316 g/mol. The lowest BCUT2D eigenvalue weighted by atomic mass is 9.62. The van der Waals surface area contributed by atoms with E-state index < -0.39 is 0 Å². The molecule has 1 fully saturated rings. The summed E-state index contributed by atoms with van der Waals surface area (Å²) in [7, 11) is 0. The molecule has 2 aliphatic carbocycles. The minimum absolute atomic E-state index is 0.116. The fourth-order valence-electron chi connectivity index (χ4n) is 4.53. The van der Waals surface area contributed by atoms with Crippen molar-refractivity contribution in [3.8, 4) is 0 Å². The minimum Gasteiger partial charge on any atom is -0.509 e. The molecule has 0 bridgehead atoms. The summed E-state index contributed by atoms with van der Waals surface area (Å²) in [5.41, 5.74) is 6.38. The molecule has 1 aromatic carbocycles. The molecular formula is C25H34O. The van der Waals surface area contributed by atoms with Crippen LogP contribution in [0, 0.1) is 5.92 Å². The van der Waals surface area contributed by atoms with Crippen molar-refractivity contribution in [2.45, 2.75) is 77.0 Å². The second-order valence-corrected chi connectivity index (χ2v) is 10.00. The first-order valence-corrected chi connectivity index (χ1v) is 9.86. The summed E-state index contributed by atoms with van der Waals surface area (Å²) in [5, 5.41) is 9.28. The van der Waals surface area contributed by atoms with E-state index in [2.05, 4.69) is 71.5 Å². The van der Waals surface area contributed by atoms with E-state index in [1.54, 1.807) is 11.6 Å². The van der Waals surface area contributed by atoms with Gasteiger partial charge in [0.2, 0.25) is 0 Å². The van der Waals surface area contributed by atoms with E-state index in [1.165, 1.54) is 30.4 Å². The smallest absolute Gasteiger partial charge is 0.108 e. The van der Waals surface area contributed by atoms with E-state index in [0.29, 0.717) is 5.92 Å². The molecule has 1 nitrogen and oxygen atoms in total. The van der Waals surface area contributed by atoms with Gasteiger partial charge in [-0.3, -0.25) is 0 Å². The lowest BCUT2D eigenvalue weighted by Crippen LogP contribution is -2.34. The lowest BCUT2D eigenvalue weighted by Gasteiger charge is -2.42. The maximum atomic E-state index is 9.28. The third-order valence-corrected chi connectivity index (χ3v) is 6.80. The zero-order valence-corrected chi connectivity index (χ0v) is 17.3. The normalized spacial score (nSPS) is 29.5. The number of hydrogen-bond donors (Lipinski definition) is 1. The number of benzene rings is 1.